The first-order chi connectivity index (χ1) is 10.9. The van der Waals surface area contributed by atoms with Crippen LogP contribution in [0.4, 0.5) is 13.2 Å². The molecule has 3 aromatic rings. The zero-order valence-corrected chi connectivity index (χ0v) is 12.5. The summed E-state index contributed by atoms with van der Waals surface area (Å²) in [6, 6.07) is 4.76. The molecule has 3 rings (SSSR count). The highest BCUT2D eigenvalue weighted by atomic mass is 32.2. The molecule has 2 aromatic heterocycles. The summed E-state index contributed by atoms with van der Waals surface area (Å²) < 4.78 is 44.7. The van der Waals surface area contributed by atoms with Crippen molar-refractivity contribution in [1.82, 2.24) is 30.3 Å². The summed E-state index contributed by atoms with van der Waals surface area (Å²) in [5, 5.41) is 15.2. The van der Waals surface area contributed by atoms with Crippen LogP contribution in [0.25, 0.3) is 11.4 Å². The molecule has 23 heavy (non-hydrogen) atoms. The first kappa shape index (κ1) is 15.5. The Morgan fingerprint density at radius 2 is 2.13 bits per heavy atom. The molecule has 1 aromatic carbocycles. The molecule has 0 aliphatic heterocycles. The Morgan fingerprint density at radius 3 is 2.83 bits per heavy atom. The highest BCUT2D eigenvalue weighted by Gasteiger charge is 2.30. The van der Waals surface area contributed by atoms with Crippen molar-refractivity contribution in [2.24, 2.45) is 7.05 Å². The van der Waals surface area contributed by atoms with Crippen molar-refractivity contribution in [3.05, 3.63) is 35.7 Å². The van der Waals surface area contributed by atoms with Crippen LogP contribution >= 0.6 is 11.8 Å². The second-order valence-corrected chi connectivity index (χ2v) is 5.41. The van der Waals surface area contributed by atoms with Crippen molar-refractivity contribution in [1.29, 1.82) is 0 Å². The number of halogens is 3. The number of aryl methyl sites for hydroxylation is 1. The molecule has 0 fully saturated rings. The molecule has 0 N–H and O–H groups in total. The number of thioether (sulfide) groups is 1. The van der Waals surface area contributed by atoms with Gasteiger partial charge in [-0.1, -0.05) is 29.1 Å². The van der Waals surface area contributed by atoms with Gasteiger partial charge in [-0.25, -0.2) is 4.68 Å². The van der Waals surface area contributed by atoms with E-state index in [9.17, 15) is 13.2 Å². The number of nitrogens with zero attached hydrogens (tertiary/aromatic N) is 6. The van der Waals surface area contributed by atoms with Crippen LogP contribution in [0, 0.1) is 0 Å². The van der Waals surface area contributed by atoms with Gasteiger partial charge in [0.1, 0.15) is 0 Å². The van der Waals surface area contributed by atoms with Crippen LogP contribution in [0.1, 0.15) is 11.5 Å². The lowest BCUT2D eigenvalue weighted by Crippen LogP contribution is -2.04. The molecule has 0 bridgehead atoms. The molecule has 0 unspecified atom stereocenters. The number of hydrogen-bond acceptors (Lipinski definition) is 7. The highest BCUT2D eigenvalue weighted by molar-refractivity contribution is 7.98. The molecule has 0 saturated heterocycles. The summed E-state index contributed by atoms with van der Waals surface area (Å²) in [6.07, 6.45) is -4.42. The number of benzene rings is 1. The van der Waals surface area contributed by atoms with Crippen LogP contribution in [0.3, 0.4) is 0 Å². The first-order valence-electron chi connectivity index (χ1n) is 6.29. The van der Waals surface area contributed by atoms with Crippen LogP contribution < -0.4 is 0 Å². The van der Waals surface area contributed by atoms with E-state index in [0.29, 0.717) is 10.9 Å². The lowest BCUT2D eigenvalue weighted by molar-refractivity contribution is -0.137. The van der Waals surface area contributed by atoms with E-state index in [2.05, 4.69) is 25.7 Å². The van der Waals surface area contributed by atoms with Gasteiger partial charge >= 0.3 is 6.18 Å². The molecule has 11 heteroatoms. The highest BCUT2D eigenvalue weighted by Crippen LogP contribution is 2.31. The molecule has 0 radical (unpaired) electrons. The topological polar surface area (TPSA) is 82.5 Å². The maximum atomic E-state index is 12.7. The van der Waals surface area contributed by atoms with E-state index in [4.69, 9.17) is 4.52 Å². The lowest BCUT2D eigenvalue weighted by Gasteiger charge is -2.06. The van der Waals surface area contributed by atoms with Crippen LogP contribution in [-0.4, -0.2) is 30.3 Å². The summed E-state index contributed by atoms with van der Waals surface area (Å²) in [7, 11) is 1.68. The minimum Gasteiger partial charge on any atom is -0.338 e. The van der Waals surface area contributed by atoms with Gasteiger partial charge in [0.05, 0.1) is 11.3 Å². The number of alkyl halides is 3. The van der Waals surface area contributed by atoms with Gasteiger partial charge in [-0.15, -0.1) is 5.10 Å². The molecule has 0 spiro atoms. The molecule has 0 amide bonds. The van der Waals surface area contributed by atoms with Crippen molar-refractivity contribution in [3.8, 4) is 11.4 Å². The van der Waals surface area contributed by atoms with Crippen LogP contribution in [0.5, 0.6) is 0 Å². The number of hydrogen-bond donors (Lipinski definition) is 0. The molecule has 2 heterocycles. The van der Waals surface area contributed by atoms with Crippen molar-refractivity contribution < 1.29 is 17.7 Å². The first-order valence-corrected chi connectivity index (χ1v) is 7.27. The fourth-order valence-electron chi connectivity index (χ4n) is 1.74. The van der Waals surface area contributed by atoms with E-state index in [-0.39, 0.29) is 17.3 Å². The maximum Gasteiger partial charge on any atom is 0.416 e. The van der Waals surface area contributed by atoms with E-state index in [1.807, 2.05) is 0 Å². The fourth-order valence-corrected chi connectivity index (χ4v) is 2.42. The average Bonchev–Trinajstić information content (AvgIpc) is 3.13. The zero-order valence-electron chi connectivity index (χ0n) is 11.7. The molecule has 0 saturated carbocycles. The zero-order chi connectivity index (χ0) is 16.4. The van der Waals surface area contributed by atoms with Crippen molar-refractivity contribution in [3.63, 3.8) is 0 Å². The monoisotopic (exact) mass is 342 g/mol. The second-order valence-electron chi connectivity index (χ2n) is 4.46. The molecule has 0 aliphatic carbocycles. The smallest absolute Gasteiger partial charge is 0.338 e. The van der Waals surface area contributed by atoms with E-state index < -0.39 is 11.7 Å². The average molecular weight is 342 g/mol. The predicted molar refractivity (Wildman–Crippen MR) is 73.1 cm³/mol. The molecule has 7 nitrogen and oxygen atoms in total. The SMILES string of the molecule is Cn1nnnc1SCc1nc(-c2cccc(C(F)(F)F)c2)no1. The minimum absolute atomic E-state index is 0.0998. The molecule has 120 valence electrons. The summed E-state index contributed by atoms with van der Waals surface area (Å²) in [5.41, 5.74) is -0.527. The van der Waals surface area contributed by atoms with Gasteiger partial charge in [0.2, 0.25) is 16.9 Å². The minimum atomic E-state index is -4.42. The van der Waals surface area contributed by atoms with E-state index >= 15 is 0 Å². The van der Waals surface area contributed by atoms with Gasteiger partial charge in [0, 0.05) is 12.6 Å². The summed E-state index contributed by atoms with van der Waals surface area (Å²) in [4.78, 5) is 4.09. The normalized spacial score (nSPS) is 11.8. The van der Waals surface area contributed by atoms with Gasteiger partial charge < -0.3 is 4.52 Å². The van der Waals surface area contributed by atoms with Crippen LogP contribution in [0.2, 0.25) is 0 Å². The fraction of sp³-hybridized carbons (Fsp3) is 0.250. The Hall–Kier alpha value is -2.43. The van der Waals surface area contributed by atoms with Crippen molar-refractivity contribution >= 4 is 11.8 Å². The van der Waals surface area contributed by atoms with Gasteiger partial charge in [0.15, 0.2) is 0 Å². The molecular formula is C12H9F3N6OS. The van der Waals surface area contributed by atoms with Crippen LogP contribution in [0.15, 0.2) is 33.9 Å². The Morgan fingerprint density at radius 1 is 1.30 bits per heavy atom. The summed E-state index contributed by atoms with van der Waals surface area (Å²) in [6.45, 7) is 0. The largest absolute Gasteiger partial charge is 0.416 e. The van der Waals surface area contributed by atoms with Crippen molar-refractivity contribution in [2.75, 3.05) is 0 Å². The van der Waals surface area contributed by atoms with Crippen molar-refractivity contribution in [2.45, 2.75) is 17.1 Å². The quantitative estimate of drug-likeness (QED) is 0.674. The lowest BCUT2D eigenvalue weighted by atomic mass is 10.1. The van der Waals surface area contributed by atoms with E-state index in [1.54, 1.807) is 7.05 Å². The van der Waals surface area contributed by atoms with E-state index in [0.717, 1.165) is 12.1 Å². The third kappa shape index (κ3) is 3.50. The summed E-state index contributed by atoms with van der Waals surface area (Å²) >= 11 is 1.27. The van der Waals surface area contributed by atoms with E-state index in [1.165, 1.54) is 28.6 Å². The van der Waals surface area contributed by atoms with Gasteiger partial charge in [-0.3, -0.25) is 0 Å². The Labute approximate surface area is 131 Å². The third-order valence-corrected chi connectivity index (χ3v) is 3.82. The van der Waals surface area contributed by atoms with Gasteiger partial charge in [-0.05, 0) is 22.6 Å². The Bertz CT molecular complexity index is 815. The third-order valence-electron chi connectivity index (χ3n) is 2.82. The second kappa shape index (κ2) is 5.99. The molecule has 0 aliphatic rings. The summed E-state index contributed by atoms with van der Waals surface area (Å²) in [5.74, 6) is 0.674. The van der Waals surface area contributed by atoms with Gasteiger partial charge in [0.25, 0.3) is 0 Å². The molecular weight excluding hydrogens is 333 g/mol. The Balaban J connectivity index is 1.75. The Kier molecular flexibility index (Phi) is 4.03. The predicted octanol–water partition coefficient (Wildman–Crippen LogP) is 2.57. The van der Waals surface area contributed by atoms with Crippen LogP contribution in [-0.2, 0) is 19.0 Å². The standard InChI is InChI=1S/C12H9F3N6OS/c1-21-11(17-19-20-21)23-6-9-16-10(18-22-9)7-3-2-4-8(5-7)12(13,14)15/h2-5H,6H2,1H3. The number of rotatable bonds is 4. The molecule has 0 atom stereocenters. The maximum absolute atomic E-state index is 12.7. The number of aromatic nitrogens is 6. The van der Waals surface area contributed by atoms with Gasteiger partial charge in [-0.2, -0.15) is 18.2 Å². The number of tetrazole rings is 1.